The highest BCUT2D eigenvalue weighted by Gasteiger charge is 2.30. The van der Waals surface area contributed by atoms with Crippen LogP contribution < -0.4 is 5.32 Å². The highest BCUT2D eigenvalue weighted by Crippen LogP contribution is 2.24. The fourth-order valence-electron chi connectivity index (χ4n) is 3.24. The van der Waals surface area contributed by atoms with Crippen LogP contribution in [0.25, 0.3) is 0 Å². The first-order chi connectivity index (χ1) is 11.7. The van der Waals surface area contributed by atoms with E-state index in [9.17, 15) is 4.79 Å². The van der Waals surface area contributed by atoms with Crippen molar-refractivity contribution in [1.29, 1.82) is 0 Å². The smallest absolute Gasteiger partial charge is 0.223 e. The van der Waals surface area contributed by atoms with Gasteiger partial charge in [0.25, 0.3) is 0 Å². The number of likely N-dealkylation sites (tertiary alicyclic amines) is 1. The minimum absolute atomic E-state index is 0.253. The summed E-state index contributed by atoms with van der Waals surface area (Å²) >= 11 is 6.05. The quantitative estimate of drug-likeness (QED) is 0.771. The molecular weight excluding hydrogens is 320 g/mol. The molecule has 1 aliphatic heterocycles. The van der Waals surface area contributed by atoms with Crippen molar-refractivity contribution < 1.29 is 4.79 Å². The molecule has 1 atom stereocenters. The van der Waals surface area contributed by atoms with Crippen LogP contribution in [0.4, 0.5) is 0 Å². The number of hydrogen-bond donors (Lipinski definition) is 1. The number of carbonyl (C=O) groups excluding carboxylic acids is 1. The van der Waals surface area contributed by atoms with Crippen molar-refractivity contribution in [2.24, 2.45) is 0 Å². The average molecular weight is 343 g/mol. The summed E-state index contributed by atoms with van der Waals surface area (Å²) in [7, 11) is 0. The Morgan fingerprint density at radius 3 is 2.67 bits per heavy atom. The monoisotopic (exact) mass is 342 g/mol. The maximum atomic E-state index is 12.2. The van der Waals surface area contributed by atoms with E-state index < -0.39 is 0 Å². The number of carbonyl (C=O) groups is 1. The summed E-state index contributed by atoms with van der Waals surface area (Å²) in [4.78, 5) is 14.2. The van der Waals surface area contributed by atoms with E-state index in [2.05, 4.69) is 29.6 Å². The second-order valence-corrected chi connectivity index (χ2v) is 6.73. The molecule has 0 unspecified atom stereocenters. The summed E-state index contributed by atoms with van der Waals surface area (Å²) in [5, 5.41) is 4.20. The lowest BCUT2D eigenvalue weighted by molar-refractivity contribution is -0.129. The van der Waals surface area contributed by atoms with Crippen LogP contribution in [0.3, 0.4) is 0 Å². The summed E-state index contributed by atoms with van der Waals surface area (Å²) in [5.74, 6) is 0.253. The van der Waals surface area contributed by atoms with Gasteiger partial charge in [0, 0.05) is 30.6 Å². The van der Waals surface area contributed by atoms with Crippen molar-refractivity contribution in [2.45, 2.75) is 38.4 Å². The Hall–Kier alpha value is -1.84. The van der Waals surface area contributed by atoms with E-state index in [1.54, 1.807) is 0 Å². The zero-order valence-electron chi connectivity index (χ0n) is 13.7. The lowest BCUT2D eigenvalue weighted by Crippen LogP contribution is -2.34. The molecule has 0 aromatic heterocycles. The third kappa shape index (κ3) is 4.59. The van der Waals surface area contributed by atoms with E-state index in [1.807, 2.05) is 35.2 Å². The van der Waals surface area contributed by atoms with Crippen molar-refractivity contribution in [3.63, 3.8) is 0 Å². The number of nitrogens with zero attached hydrogens (tertiary/aromatic N) is 1. The standard InChI is InChI=1S/C20H23ClN2O/c21-18-8-4-7-17(13-18)15-23-19(9-10-20(23)24)11-12-22-14-16-5-2-1-3-6-16/h1-8,13,19,22H,9-12,14-15H2/t19-/m1/s1. The van der Waals surface area contributed by atoms with Gasteiger partial charge in [0.2, 0.25) is 5.91 Å². The predicted molar refractivity (Wildman–Crippen MR) is 97.8 cm³/mol. The number of benzene rings is 2. The first-order valence-electron chi connectivity index (χ1n) is 8.51. The first-order valence-corrected chi connectivity index (χ1v) is 8.89. The van der Waals surface area contributed by atoms with E-state index >= 15 is 0 Å². The molecule has 1 heterocycles. The minimum Gasteiger partial charge on any atom is -0.335 e. The Morgan fingerprint density at radius 2 is 1.88 bits per heavy atom. The second kappa shape index (κ2) is 8.32. The highest BCUT2D eigenvalue weighted by atomic mass is 35.5. The number of halogens is 1. The summed E-state index contributed by atoms with van der Waals surface area (Å²) in [5.41, 5.74) is 2.38. The number of hydrogen-bond acceptors (Lipinski definition) is 2. The molecule has 0 bridgehead atoms. The molecule has 126 valence electrons. The van der Waals surface area contributed by atoms with Gasteiger partial charge < -0.3 is 10.2 Å². The molecular formula is C20H23ClN2O. The molecule has 0 spiro atoms. The van der Waals surface area contributed by atoms with Crippen LogP contribution in [0, 0.1) is 0 Å². The summed E-state index contributed by atoms with van der Waals surface area (Å²) in [6.45, 7) is 2.44. The summed E-state index contributed by atoms with van der Waals surface area (Å²) in [6.07, 6.45) is 2.59. The molecule has 4 heteroatoms. The fraction of sp³-hybridized carbons (Fsp3) is 0.350. The van der Waals surface area contributed by atoms with E-state index in [0.717, 1.165) is 36.5 Å². The van der Waals surface area contributed by atoms with Gasteiger partial charge in [0.15, 0.2) is 0 Å². The Bertz CT molecular complexity index is 674. The number of rotatable bonds is 7. The Morgan fingerprint density at radius 1 is 1.08 bits per heavy atom. The average Bonchev–Trinajstić information content (AvgIpc) is 2.93. The van der Waals surface area contributed by atoms with E-state index in [1.165, 1.54) is 5.56 Å². The second-order valence-electron chi connectivity index (χ2n) is 6.30. The highest BCUT2D eigenvalue weighted by molar-refractivity contribution is 6.30. The van der Waals surface area contributed by atoms with Crippen LogP contribution in [0.2, 0.25) is 5.02 Å². The third-order valence-corrected chi connectivity index (χ3v) is 4.76. The molecule has 24 heavy (non-hydrogen) atoms. The lowest BCUT2D eigenvalue weighted by atomic mass is 10.1. The van der Waals surface area contributed by atoms with Crippen LogP contribution >= 0.6 is 11.6 Å². The Labute approximate surface area is 148 Å². The van der Waals surface area contributed by atoms with Gasteiger partial charge in [-0.15, -0.1) is 0 Å². The molecule has 0 aliphatic carbocycles. The molecule has 1 amide bonds. The minimum atomic E-state index is 0.253. The van der Waals surface area contributed by atoms with Gasteiger partial charge >= 0.3 is 0 Å². The van der Waals surface area contributed by atoms with Crippen LogP contribution in [-0.4, -0.2) is 23.4 Å². The molecule has 1 fully saturated rings. The van der Waals surface area contributed by atoms with Gasteiger partial charge in [-0.25, -0.2) is 0 Å². The first kappa shape index (κ1) is 17.0. The van der Waals surface area contributed by atoms with Crippen molar-refractivity contribution >= 4 is 17.5 Å². The van der Waals surface area contributed by atoms with E-state index in [-0.39, 0.29) is 5.91 Å². The third-order valence-electron chi connectivity index (χ3n) is 4.52. The van der Waals surface area contributed by atoms with Crippen molar-refractivity contribution in [3.8, 4) is 0 Å². The molecule has 2 aromatic rings. The van der Waals surface area contributed by atoms with Crippen LogP contribution in [0.1, 0.15) is 30.4 Å². The molecule has 0 saturated carbocycles. The molecule has 3 rings (SSSR count). The largest absolute Gasteiger partial charge is 0.335 e. The maximum Gasteiger partial charge on any atom is 0.223 e. The Kier molecular flexibility index (Phi) is 5.89. The van der Waals surface area contributed by atoms with Gasteiger partial charge in [0.05, 0.1) is 0 Å². The van der Waals surface area contributed by atoms with Gasteiger partial charge in [-0.1, -0.05) is 54.1 Å². The summed E-state index contributed by atoms with van der Waals surface area (Å²) in [6, 6.07) is 18.5. The molecule has 0 radical (unpaired) electrons. The van der Waals surface area contributed by atoms with Gasteiger partial charge in [-0.05, 0) is 42.6 Å². The predicted octanol–water partition coefficient (Wildman–Crippen LogP) is 4.01. The van der Waals surface area contributed by atoms with E-state index in [0.29, 0.717) is 19.0 Å². The van der Waals surface area contributed by atoms with Crippen LogP contribution in [-0.2, 0) is 17.9 Å². The zero-order chi connectivity index (χ0) is 16.8. The molecule has 3 nitrogen and oxygen atoms in total. The number of amides is 1. The normalized spacial score (nSPS) is 17.5. The zero-order valence-corrected chi connectivity index (χ0v) is 14.5. The van der Waals surface area contributed by atoms with Crippen molar-refractivity contribution in [1.82, 2.24) is 10.2 Å². The van der Waals surface area contributed by atoms with Crippen LogP contribution in [0.5, 0.6) is 0 Å². The van der Waals surface area contributed by atoms with Crippen molar-refractivity contribution in [2.75, 3.05) is 6.54 Å². The Balaban J connectivity index is 1.50. The maximum absolute atomic E-state index is 12.2. The lowest BCUT2D eigenvalue weighted by Gasteiger charge is -2.25. The van der Waals surface area contributed by atoms with Crippen molar-refractivity contribution in [3.05, 3.63) is 70.7 Å². The number of nitrogens with one attached hydrogen (secondary N) is 1. The topological polar surface area (TPSA) is 32.3 Å². The van der Waals surface area contributed by atoms with Gasteiger partial charge in [-0.2, -0.15) is 0 Å². The molecule has 1 N–H and O–H groups in total. The molecule has 1 aliphatic rings. The van der Waals surface area contributed by atoms with E-state index in [4.69, 9.17) is 11.6 Å². The molecule has 2 aromatic carbocycles. The van der Waals surface area contributed by atoms with Gasteiger partial charge in [0.1, 0.15) is 0 Å². The van der Waals surface area contributed by atoms with Crippen LogP contribution in [0.15, 0.2) is 54.6 Å². The van der Waals surface area contributed by atoms with Gasteiger partial charge in [-0.3, -0.25) is 4.79 Å². The summed E-state index contributed by atoms with van der Waals surface area (Å²) < 4.78 is 0. The fourth-order valence-corrected chi connectivity index (χ4v) is 3.45. The SMILES string of the molecule is O=C1CC[C@H](CCNCc2ccccc2)N1Cc1cccc(Cl)c1. The molecule has 1 saturated heterocycles.